The van der Waals surface area contributed by atoms with Crippen LogP contribution >= 0.6 is 0 Å². The fourth-order valence-corrected chi connectivity index (χ4v) is 3.72. The molecule has 3 heterocycles. The Morgan fingerprint density at radius 2 is 1.90 bits per heavy atom. The highest BCUT2D eigenvalue weighted by Crippen LogP contribution is 2.36. The van der Waals surface area contributed by atoms with Crippen molar-refractivity contribution in [3.63, 3.8) is 0 Å². The second-order valence-corrected chi connectivity index (χ2v) is 7.42. The molecule has 0 bridgehead atoms. The number of carboxylic acids is 1. The van der Waals surface area contributed by atoms with Gasteiger partial charge in [0.25, 0.3) is 0 Å². The van der Waals surface area contributed by atoms with Crippen molar-refractivity contribution in [1.82, 2.24) is 14.9 Å². The van der Waals surface area contributed by atoms with Crippen LogP contribution < -0.4 is 5.32 Å². The van der Waals surface area contributed by atoms with E-state index in [0.29, 0.717) is 23.7 Å². The minimum Gasteiger partial charge on any atom is -0.475 e. The molecule has 3 atom stereocenters. The molecule has 3 fully saturated rings. The lowest BCUT2D eigenvalue weighted by molar-refractivity contribution is -0.192. The molecule has 3 aliphatic rings. The normalized spacial score (nSPS) is 26.2. The van der Waals surface area contributed by atoms with Gasteiger partial charge in [0.1, 0.15) is 0 Å². The van der Waals surface area contributed by atoms with Gasteiger partial charge in [-0.1, -0.05) is 6.42 Å². The van der Waals surface area contributed by atoms with E-state index in [0.717, 1.165) is 39.1 Å². The molecule has 0 spiro atoms. The number of alkyl halides is 3. The van der Waals surface area contributed by atoms with Crippen LogP contribution in [0.1, 0.15) is 19.3 Å². The molecule has 1 aliphatic carbocycles. The van der Waals surface area contributed by atoms with Crippen molar-refractivity contribution < 1.29 is 32.6 Å². The van der Waals surface area contributed by atoms with Crippen LogP contribution in [0.2, 0.25) is 0 Å². The maximum atomic E-state index is 12.4. The third-order valence-electron chi connectivity index (χ3n) is 5.54. The molecule has 1 saturated carbocycles. The number of nitrogens with zero attached hydrogens (tertiary/aromatic N) is 3. The van der Waals surface area contributed by atoms with E-state index in [-0.39, 0.29) is 12.0 Å². The quantitative estimate of drug-likeness (QED) is 0.771. The Hall–Kier alpha value is -2.43. The summed E-state index contributed by atoms with van der Waals surface area (Å²) in [4.78, 5) is 31.7. The molecule has 0 aromatic carbocycles. The van der Waals surface area contributed by atoms with Crippen molar-refractivity contribution in [2.24, 2.45) is 17.8 Å². The van der Waals surface area contributed by atoms with Crippen molar-refractivity contribution in [3.05, 3.63) is 18.5 Å². The Kier molecular flexibility index (Phi) is 6.56. The summed E-state index contributed by atoms with van der Waals surface area (Å²) in [5, 5.41) is 10.4. The summed E-state index contributed by atoms with van der Waals surface area (Å²) < 4.78 is 37.7. The fourth-order valence-electron chi connectivity index (χ4n) is 3.72. The van der Waals surface area contributed by atoms with Crippen LogP contribution in [0.25, 0.3) is 0 Å². The molecular formula is C18H23F3N4O4. The minimum atomic E-state index is -5.08. The molecular weight excluding hydrogens is 393 g/mol. The van der Waals surface area contributed by atoms with Gasteiger partial charge in [-0.25, -0.2) is 14.8 Å². The Bertz CT molecular complexity index is 715. The van der Waals surface area contributed by atoms with E-state index < -0.39 is 12.1 Å². The zero-order valence-corrected chi connectivity index (χ0v) is 15.6. The van der Waals surface area contributed by atoms with E-state index in [4.69, 9.17) is 14.6 Å². The molecule has 11 heteroatoms. The lowest BCUT2D eigenvalue weighted by Gasteiger charge is -2.29. The number of likely N-dealkylation sites (tertiary alicyclic amines) is 1. The highest BCUT2D eigenvalue weighted by atomic mass is 19.4. The average Bonchev–Trinajstić information content (AvgIpc) is 3.20. The first-order valence-corrected chi connectivity index (χ1v) is 9.47. The Morgan fingerprint density at radius 3 is 2.45 bits per heavy atom. The van der Waals surface area contributed by atoms with Crippen LogP contribution in [0.4, 0.5) is 19.1 Å². The molecule has 0 unspecified atom stereocenters. The molecule has 8 nitrogen and oxygen atoms in total. The SMILES string of the molecule is O=C(C1CCC1)N1C[C@@H]2[C@@H](CNc3ncccn3)CO[C@@H]2C1.O=C(O)C(F)(F)F. The molecule has 4 rings (SSSR count). The summed E-state index contributed by atoms with van der Waals surface area (Å²) in [7, 11) is 0. The number of anilines is 1. The summed E-state index contributed by atoms with van der Waals surface area (Å²) in [6, 6.07) is 1.81. The smallest absolute Gasteiger partial charge is 0.475 e. The highest BCUT2D eigenvalue weighted by molar-refractivity contribution is 5.80. The van der Waals surface area contributed by atoms with Gasteiger partial charge in [-0.05, 0) is 18.9 Å². The predicted octanol–water partition coefficient (Wildman–Crippen LogP) is 1.80. The van der Waals surface area contributed by atoms with Crippen LogP contribution in [0.15, 0.2) is 18.5 Å². The number of hydrogen-bond donors (Lipinski definition) is 2. The number of carbonyl (C=O) groups excluding carboxylic acids is 1. The monoisotopic (exact) mass is 416 g/mol. The molecule has 160 valence electrons. The predicted molar refractivity (Wildman–Crippen MR) is 94.9 cm³/mol. The van der Waals surface area contributed by atoms with Gasteiger partial charge in [-0.3, -0.25) is 4.79 Å². The summed E-state index contributed by atoms with van der Waals surface area (Å²) in [6.45, 7) is 3.19. The van der Waals surface area contributed by atoms with E-state index in [1.165, 1.54) is 6.42 Å². The van der Waals surface area contributed by atoms with E-state index in [9.17, 15) is 18.0 Å². The van der Waals surface area contributed by atoms with E-state index in [1.807, 2.05) is 4.90 Å². The second-order valence-electron chi connectivity index (χ2n) is 7.42. The van der Waals surface area contributed by atoms with Gasteiger partial charge in [0, 0.05) is 49.8 Å². The van der Waals surface area contributed by atoms with Crippen LogP contribution in [0.3, 0.4) is 0 Å². The second kappa shape index (κ2) is 8.93. The van der Waals surface area contributed by atoms with Gasteiger partial charge >= 0.3 is 12.1 Å². The first-order valence-electron chi connectivity index (χ1n) is 9.47. The van der Waals surface area contributed by atoms with Crippen molar-refractivity contribution in [3.8, 4) is 0 Å². The topological polar surface area (TPSA) is 105 Å². The maximum absolute atomic E-state index is 12.4. The van der Waals surface area contributed by atoms with Crippen molar-refractivity contribution in [2.45, 2.75) is 31.5 Å². The molecule has 29 heavy (non-hydrogen) atoms. The number of hydrogen-bond acceptors (Lipinski definition) is 6. The van der Waals surface area contributed by atoms with Gasteiger partial charge in [0.2, 0.25) is 11.9 Å². The lowest BCUT2D eigenvalue weighted by Crippen LogP contribution is -2.39. The lowest BCUT2D eigenvalue weighted by atomic mass is 9.84. The first-order chi connectivity index (χ1) is 13.8. The maximum Gasteiger partial charge on any atom is 0.490 e. The molecule has 2 aliphatic heterocycles. The van der Waals surface area contributed by atoms with Crippen LogP contribution in [0.5, 0.6) is 0 Å². The van der Waals surface area contributed by atoms with Gasteiger partial charge in [0.15, 0.2) is 0 Å². The van der Waals surface area contributed by atoms with Gasteiger partial charge in [-0.15, -0.1) is 0 Å². The van der Waals surface area contributed by atoms with Crippen LogP contribution in [0, 0.1) is 17.8 Å². The summed E-state index contributed by atoms with van der Waals surface area (Å²) in [5.74, 6) is -0.595. The third kappa shape index (κ3) is 5.34. The zero-order chi connectivity index (χ0) is 21.0. The number of nitrogens with one attached hydrogen (secondary N) is 1. The summed E-state index contributed by atoms with van der Waals surface area (Å²) in [6.07, 6.45) is 1.95. The molecule has 0 radical (unpaired) electrons. The van der Waals surface area contributed by atoms with Gasteiger partial charge in [0.05, 0.1) is 12.7 Å². The largest absolute Gasteiger partial charge is 0.490 e. The van der Waals surface area contributed by atoms with E-state index >= 15 is 0 Å². The van der Waals surface area contributed by atoms with E-state index in [1.54, 1.807) is 18.5 Å². The number of halogens is 3. The summed E-state index contributed by atoms with van der Waals surface area (Å²) >= 11 is 0. The molecule has 1 aromatic heterocycles. The standard InChI is InChI=1S/C16H22N4O2.C2HF3O2/c21-15(11-3-1-4-11)20-8-13-12(10-22-14(13)9-20)7-19-16-17-5-2-6-18-16;3-2(4,5)1(6)7/h2,5-6,11-14H,1,3-4,7-10H2,(H,17,18,19);(H,6,7)/t12-,13+,14+;/m0./s1. The highest BCUT2D eigenvalue weighted by Gasteiger charge is 2.46. The molecule has 2 saturated heterocycles. The third-order valence-corrected chi connectivity index (χ3v) is 5.54. The van der Waals surface area contributed by atoms with Crippen molar-refractivity contribution in [2.75, 3.05) is 31.6 Å². The number of carboxylic acid groups (broad SMARTS) is 1. The fraction of sp³-hybridized carbons (Fsp3) is 0.667. The zero-order valence-electron chi connectivity index (χ0n) is 15.6. The average molecular weight is 416 g/mol. The van der Waals surface area contributed by atoms with Crippen molar-refractivity contribution >= 4 is 17.8 Å². The Labute approximate surface area is 165 Å². The number of ether oxygens (including phenoxy) is 1. The molecule has 1 amide bonds. The number of carbonyl (C=O) groups is 2. The van der Waals surface area contributed by atoms with Crippen molar-refractivity contribution in [1.29, 1.82) is 0 Å². The van der Waals surface area contributed by atoms with Crippen LogP contribution in [-0.2, 0) is 14.3 Å². The first kappa shape index (κ1) is 21.3. The van der Waals surface area contributed by atoms with Gasteiger partial charge < -0.3 is 20.1 Å². The number of aliphatic carboxylic acids is 1. The Balaban J connectivity index is 0.000000298. The van der Waals surface area contributed by atoms with Crippen LogP contribution in [-0.4, -0.2) is 70.4 Å². The minimum absolute atomic E-state index is 0.215. The van der Waals surface area contributed by atoms with Gasteiger partial charge in [-0.2, -0.15) is 13.2 Å². The Morgan fingerprint density at radius 1 is 1.24 bits per heavy atom. The molecule has 2 N–H and O–H groups in total. The number of aromatic nitrogens is 2. The number of rotatable bonds is 4. The number of fused-ring (bicyclic) bond motifs is 1. The van der Waals surface area contributed by atoms with E-state index in [2.05, 4.69) is 15.3 Å². The molecule has 1 aromatic rings. The number of amides is 1. The summed E-state index contributed by atoms with van der Waals surface area (Å²) in [5.41, 5.74) is 0.